The molecule has 120 valence electrons. The third kappa shape index (κ3) is 2.41. The molecule has 1 nitrogen and oxygen atoms in total. The minimum Gasteiger partial charge on any atom is -0.201 e. The SMILES string of the molecule is Cc1ccccc1-c1c2c(cc[n+]1C)C1(CCCCC1)CCC2. The highest BCUT2D eigenvalue weighted by Gasteiger charge is 2.40. The highest BCUT2D eigenvalue weighted by atomic mass is 14.9. The van der Waals surface area contributed by atoms with Crippen molar-refractivity contribution >= 4 is 0 Å². The molecular formula is C22H28N+. The van der Waals surface area contributed by atoms with Crippen LogP contribution in [0.5, 0.6) is 0 Å². The van der Waals surface area contributed by atoms with Crippen LogP contribution in [0.25, 0.3) is 11.3 Å². The maximum Gasteiger partial charge on any atom is 0.216 e. The van der Waals surface area contributed by atoms with Crippen LogP contribution in [-0.4, -0.2) is 0 Å². The maximum absolute atomic E-state index is 2.45. The van der Waals surface area contributed by atoms with Gasteiger partial charge in [-0.25, -0.2) is 4.57 Å². The predicted molar refractivity (Wildman–Crippen MR) is 95.5 cm³/mol. The first-order valence-corrected chi connectivity index (χ1v) is 9.29. The van der Waals surface area contributed by atoms with E-state index < -0.39 is 0 Å². The minimum atomic E-state index is 0.484. The number of rotatable bonds is 1. The summed E-state index contributed by atoms with van der Waals surface area (Å²) in [6.45, 7) is 2.24. The molecule has 0 N–H and O–H groups in total. The van der Waals surface area contributed by atoms with E-state index in [-0.39, 0.29) is 0 Å². The molecule has 2 aromatic rings. The fraction of sp³-hybridized carbons (Fsp3) is 0.500. The normalized spacial score (nSPS) is 19.6. The number of aromatic nitrogens is 1. The third-order valence-corrected chi connectivity index (χ3v) is 6.29. The molecule has 0 atom stereocenters. The smallest absolute Gasteiger partial charge is 0.201 e. The maximum atomic E-state index is 2.45. The predicted octanol–water partition coefficient (Wildman–Crippen LogP) is 5.02. The lowest BCUT2D eigenvalue weighted by atomic mass is 9.62. The first kappa shape index (κ1) is 14.9. The summed E-state index contributed by atoms with van der Waals surface area (Å²) in [4.78, 5) is 0. The summed E-state index contributed by atoms with van der Waals surface area (Å²) in [6, 6.07) is 11.3. The number of hydrogen-bond acceptors (Lipinski definition) is 0. The quantitative estimate of drug-likeness (QED) is 0.651. The zero-order valence-electron chi connectivity index (χ0n) is 14.6. The van der Waals surface area contributed by atoms with Crippen molar-refractivity contribution in [3.63, 3.8) is 0 Å². The second-order valence-electron chi connectivity index (χ2n) is 7.68. The fourth-order valence-corrected chi connectivity index (χ4v) is 5.13. The Labute approximate surface area is 140 Å². The van der Waals surface area contributed by atoms with Gasteiger partial charge in [-0.15, -0.1) is 0 Å². The molecule has 1 aromatic heterocycles. The number of pyridine rings is 1. The molecule has 0 radical (unpaired) electrons. The molecule has 1 saturated carbocycles. The van der Waals surface area contributed by atoms with Crippen LogP contribution in [0, 0.1) is 6.92 Å². The molecule has 2 aliphatic rings. The van der Waals surface area contributed by atoms with Crippen LogP contribution < -0.4 is 4.57 Å². The molecule has 1 fully saturated rings. The van der Waals surface area contributed by atoms with E-state index in [0.717, 1.165) is 0 Å². The average Bonchev–Trinajstić information content (AvgIpc) is 2.57. The Morgan fingerprint density at radius 2 is 1.65 bits per heavy atom. The molecule has 2 aliphatic carbocycles. The summed E-state index contributed by atoms with van der Waals surface area (Å²) in [6.07, 6.45) is 13.4. The molecule has 0 unspecified atom stereocenters. The van der Waals surface area contributed by atoms with Crippen LogP contribution in [0.15, 0.2) is 36.5 Å². The lowest BCUT2D eigenvalue weighted by Gasteiger charge is -2.42. The van der Waals surface area contributed by atoms with Crippen molar-refractivity contribution in [1.82, 2.24) is 0 Å². The molecule has 1 spiro atoms. The summed E-state index contributed by atoms with van der Waals surface area (Å²) in [5.74, 6) is 0. The number of hydrogen-bond donors (Lipinski definition) is 0. The minimum absolute atomic E-state index is 0.484. The summed E-state index contributed by atoms with van der Waals surface area (Å²) < 4.78 is 2.35. The van der Waals surface area contributed by atoms with E-state index in [1.165, 1.54) is 68.2 Å². The van der Waals surface area contributed by atoms with E-state index >= 15 is 0 Å². The number of nitrogens with zero attached hydrogens (tertiary/aromatic N) is 1. The molecule has 0 saturated heterocycles. The van der Waals surface area contributed by atoms with Crippen molar-refractivity contribution in [3.05, 3.63) is 53.2 Å². The molecule has 0 aliphatic heterocycles. The van der Waals surface area contributed by atoms with Crippen LogP contribution >= 0.6 is 0 Å². The Morgan fingerprint density at radius 3 is 2.43 bits per heavy atom. The molecule has 1 heterocycles. The van der Waals surface area contributed by atoms with Crippen molar-refractivity contribution < 1.29 is 4.57 Å². The van der Waals surface area contributed by atoms with E-state index in [0.29, 0.717) is 5.41 Å². The molecule has 0 amide bonds. The fourth-order valence-electron chi connectivity index (χ4n) is 5.13. The Balaban J connectivity index is 1.92. The van der Waals surface area contributed by atoms with Gasteiger partial charge in [0.1, 0.15) is 7.05 Å². The zero-order valence-corrected chi connectivity index (χ0v) is 14.6. The van der Waals surface area contributed by atoms with Gasteiger partial charge in [-0.05, 0) is 61.6 Å². The van der Waals surface area contributed by atoms with Crippen LogP contribution in [0.2, 0.25) is 0 Å². The largest absolute Gasteiger partial charge is 0.216 e. The van der Waals surface area contributed by atoms with Gasteiger partial charge in [-0.3, -0.25) is 0 Å². The summed E-state index contributed by atoms with van der Waals surface area (Å²) in [5, 5.41) is 0. The molecule has 1 aromatic carbocycles. The summed E-state index contributed by atoms with van der Waals surface area (Å²) in [5.41, 5.74) is 8.07. The van der Waals surface area contributed by atoms with Gasteiger partial charge in [0, 0.05) is 17.2 Å². The van der Waals surface area contributed by atoms with Gasteiger partial charge in [0.2, 0.25) is 5.69 Å². The monoisotopic (exact) mass is 306 g/mol. The molecule has 1 heteroatoms. The summed E-state index contributed by atoms with van der Waals surface area (Å²) in [7, 11) is 2.21. The lowest BCUT2D eigenvalue weighted by Crippen LogP contribution is -2.39. The molecule has 23 heavy (non-hydrogen) atoms. The second-order valence-corrected chi connectivity index (χ2v) is 7.68. The highest BCUT2D eigenvalue weighted by molar-refractivity contribution is 5.66. The Morgan fingerprint density at radius 1 is 0.913 bits per heavy atom. The zero-order chi connectivity index (χ0) is 15.9. The van der Waals surface area contributed by atoms with Crippen molar-refractivity contribution in [2.24, 2.45) is 7.05 Å². The van der Waals surface area contributed by atoms with Crippen LogP contribution in [0.1, 0.15) is 61.6 Å². The molecule has 4 rings (SSSR count). The summed E-state index contributed by atoms with van der Waals surface area (Å²) >= 11 is 0. The average molecular weight is 306 g/mol. The van der Waals surface area contributed by atoms with Crippen LogP contribution in [0.3, 0.4) is 0 Å². The van der Waals surface area contributed by atoms with Crippen molar-refractivity contribution in [1.29, 1.82) is 0 Å². The van der Waals surface area contributed by atoms with Gasteiger partial charge >= 0.3 is 0 Å². The van der Waals surface area contributed by atoms with Crippen molar-refractivity contribution in [3.8, 4) is 11.3 Å². The highest BCUT2D eigenvalue weighted by Crippen LogP contribution is 2.48. The van der Waals surface area contributed by atoms with Crippen LogP contribution in [-0.2, 0) is 18.9 Å². The second kappa shape index (κ2) is 5.78. The number of benzene rings is 1. The Bertz CT molecular complexity index is 723. The topological polar surface area (TPSA) is 3.88 Å². The van der Waals surface area contributed by atoms with Gasteiger partial charge in [0.25, 0.3) is 0 Å². The van der Waals surface area contributed by atoms with Gasteiger partial charge in [-0.1, -0.05) is 37.5 Å². The third-order valence-electron chi connectivity index (χ3n) is 6.29. The van der Waals surface area contributed by atoms with Crippen LogP contribution in [0.4, 0.5) is 0 Å². The van der Waals surface area contributed by atoms with E-state index in [9.17, 15) is 0 Å². The van der Waals surface area contributed by atoms with Gasteiger partial charge in [0.05, 0.1) is 0 Å². The van der Waals surface area contributed by atoms with Crippen molar-refractivity contribution in [2.45, 2.75) is 63.7 Å². The standard InChI is InChI=1S/C22H28N/c1-17-9-4-5-10-18(17)21-19-11-8-15-22(13-6-3-7-14-22)20(19)12-16-23(21)2/h4-5,9-10,12,16H,3,6-8,11,13-15H2,1-2H3/q+1. The van der Waals surface area contributed by atoms with Gasteiger partial charge < -0.3 is 0 Å². The Kier molecular flexibility index (Phi) is 3.75. The van der Waals surface area contributed by atoms with E-state index in [2.05, 4.69) is 55.1 Å². The number of fused-ring (bicyclic) bond motifs is 2. The van der Waals surface area contributed by atoms with Gasteiger partial charge in [-0.2, -0.15) is 0 Å². The Hall–Kier alpha value is -1.63. The lowest BCUT2D eigenvalue weighted by molar-refractivity contribution is -0.660. The molecular weight excluding hydrogens is 278 g/mol. The van der Waals surface area contributed by atoms with Crippen molar-refractivity contribution in [2.75, 3.05) is 0 Å². The molecule has 0 bridgehead atoms. The van der Waals surface area contributed by atoms with E-state index in [1.807, 2.05) is 0 Å². The van der Waals surface area contributed by atoms with Gasteiger partial charge in [0.15, 0.2) is 6.20 Å². The first-order chi connectivity index (χ1) is 11.2. The number of aryl methyl sites for hydroxylation is 2. The first-order valence-electron chi connectivity index (χ1n) is 9.29. The van der Waals surface area contributed by atoms with E-state index in [1.54, 1.807) is 11.1 Å². The van der Waals surface area contributed by atoms with E-state index in [4.69, 9.17) is 0 Å².